The van der Waals surface area contributed by atoms with Crippen molar-refractivity contribution in [2.75, 3.05) is 24.6 Å². The number of benzene rings is 1. The van der Waals surface area contributed by atoms with Crippen LogP contribution in [-0.2, 0) is 18.2 Å². The lowest BCUT2D eigenvalue weighted by Crippen LogP contribution is -2.48. The fourth-order valence-electron chi connectivity index (χ4n) is 3.60. The molecule has 1 aromatic carbocycles. The number of nitrogens with zero attached hydrogens (tertiary/aromatic N) is 4. The number of aromatic nitrogens is 3. The van der Waals surface area contributed by atoms with Crippen molar-refractivity contribution in [3.05, 3.63) is 76.3 Å². The Kier molecular flexibility index (Phi) is 5.72. The molecule has 4 rings (SSSR count). The highest BCUT2D eigenvalue weighted by Gasteiger charge is 2.29. The molecule has 3 aromatic rings. The quantitative estimate of drug-likeness (QED) is 0.608. The largest absolute Gasteiger partial charge is 0.366 e. The normalized spacial score (nSPS) is 16.5. The lowest BCUT2D eigenvalue weighted by atomic mass is 10.0. The van der Waals surface area contributed by atoms with Crippen molar-refractivity contribution in [3.8, 4) is 11.3 Å². The van der Waals surface area contributed by atoms with Crippen molar-refractivity contribution >= 4 is 11.7 Å². The molecule has 0 radical (unpaired) electrons. The van der Waals surface area contributed by atoms with E-state index in [9.17, 15) is 9.59 Å². The summed E-state index contributed by atoms with van der Waals surface area (Å²) in [7, 11) is 1.69. The number of hydrogen-bond donors (Lipinski definition) is 0. The van der Waals surface area contributed by atoms with Gasteiger partial charge < -0.3 is 9.64 Å². The first-order valence-electron chi connectivity index (χ1n) is 10.0. The van der Waals surface area contributed by atoms with E-state index in [2.05, 4.69) is 11.9 Å². The van der Waals surface area contributed by atoms with Gasteiger partial charge in [-0.1, -0.05) is 25.1 Å². The summed E-state index contributed by atoms with van der Waals surface area (Å²) in [6.45, 7) is 3.34. The average molecular weight is 404 g/mol. The topological polar surface area (TPSA) is 77.3 Å². The first-order chi connectivity index (χ1) is 14.6. The van der Waals surface area contributed by atoms with Crippen LogP contribution in [0.4, 0.5) is 5.95 Å². The van der Waals surface area contributed by atoms with Crippen LogP contribution in [0.5, 0.6) is 0 Å². The van der Waals surface area contributed by atoms with Gasteiger partial charge >= 0.3 is 0 Å². The molecule has 0 bridgehead atoms. The maximum absolute atomic E-state index is 13.0. The van der Waals surface area contributed by atoms with Crippen molar-refractivity contribution in [2.24, 2.45) is 7.05 Å². The Bertz CT molecular complexity index is 1110. The maximum Gasteiger partial charge on any atom is 0.255 e. The SMILES string of the molecule is CCc1cccc(C(=O)C2CN(c3nc(-c4ccncc4)cc(=O)n3C)CCO2)c1. The van der Waals surface area contributed by atoms with Crippen LogP contribution in [-0.4, -0.2) is 46.1 Å². The number of carbonyl (C=O) groups excluding carboxylic acids is 1. The van der Waals surface area contributed by atoms with Crippen LogP contribution in [0.3, 0.4) is 0 Å². The molecule has 7 heteroatoms. The second-order valence-corrected chi connectivity index (χ2v) is 7.30. The van der Waals surface area contributed by atoms with Gasteiger partial charge in [-0.05, 0) is 30.2 Å². The smallest absolute Gasteiger partial charge is 0.255 e. The molecule has 2 aromatic heterocycles. The summed E-state index contributed by atoms with van der Waals surface area (Å²) in [6, 6.07) is 12.8. The molecular weight excluding hydrogens is 380 g/mol. The van der Waals surface area contributed by atoms with Crippen molar-refractivity contribution in [2.45, 2.75) is 19.4 Å². The Morgan fingerprint density at radius 2 is 2.00 bits per heavy atom. The molecule has 0 saturated carbocycles. The van der Waals surface area contributed by atoms with Crippen LogP contribution < -0.4 is 10.5 Å². The number of morpholine rings is 1. The van der Waals surface area contributed by atoms with Gasteiger partial charge in [0.2, 0.25) is 5.95 Å². The van der Waals surface area contributed by atoms with Crippen LogP contribution in [0, 0.1) is 0 Å². The number of carbonyl (C=O) groups is 1. The van der Waals surface area contributed by atoms with Crippen LogP contribution in [0.2, 0.25) is 0 Å². The third-order valence-corrected chi connectivity index (χ3v) is 5.35. The second-order valence-electron chi connectivity index (χ2n) is 7.30. The average Bonchev–Trinajstić information content (AvgIpc) is 2.81. The number of hydrogen-bond acceptors (Lipinski definition) is 6. The lowest BCUT2D eigenvalue weighted by molar-refractivity contribution is 0.0336. The molecule has 0 spiro atoms. The van der Waals surface area contributed by atoms with Crippen molar-refractivity contribution in [1.29, 1.82) is 0 Å². The molecule has 1 saturated heterocycles. The Balaban J connectivity index is 1.62. The van der Waals surface area contributed by atoms with Gasteiger partial charge in [-0.3, -0.25) is 19.1 Å². The number of aryl methyl sites for hydroxylation is 1. The molecule has 3 heterocycles. The monoisotopic (exact) mass is 404 g/mol. The Hall–Kier alpha value is -3.32. The summed E-state index contributed by atoms with van der Waals surface area (Å²) in [5, 5.41) is 0. The predicted molar refractivity (Wildman–Crippen MR) is 115 cm³/mol. The molecule has 154 valence electrons. The van der Waals surface area contributed by atoms with Gasteiger partial charge in [0.25, 0.3) is 5.56 Å². The maximum atomic E-state index is 13.0. The van der Waals surface area contributed by atoms with Crippen LogP contribution in [0.1, 0.15) is 22.8 Å². The Morgan fingerprint density at radius 1 is 1.20 bits per heavy atom. The number of rotatable bonds is 5. The zero-order valence-electron chi connectivity index (χ0n) is 17.1. The van der Waals surface area contributed by atoms with Gasteiger partial charge in [-0.2, -0.15) is 0 Å². The molecule has 1 unspecified atom stereocenters. The van der Waals surface area contributed by atoms with E-state index in [0.29, 0.717) is 36.9 Å². The van der Waals surface area contributed by atoms with Gasteiger partial charge in [0.05, 0.1) is 18.8 Å². The third-order valence-electron chi connectivity index (χ3n) is 5.35. The van der Waals surface area contributed by atoms with Gasteiger partial charge in [-0.25, -0.2) is 4.98 Å². The molecule has 0 N–H and O–H groups in total. The Morgan fingerprint density at radius 3 is 2.77 bits per heavy atom. The van der Waals surface area contributed by atoms with E-state index in [1.165, 1.54) is 10.6 Å². The van der Waals surface area contributed by atoms with Gasteiger partial charge in [0, 0.05) is 43.2 Å². The van der Waals surface area contributed by atoms with Crippen molar-refractivity contribution in [1.82, 2.24) is 14.5 Å². The van der Waals surface area contributed by atoms with E-state index < -0.39 is 6.10 Å². The molecule has 1 aliphatic rings. The van der Waals surface area contributed by atoms with E-state index in [1.807, 2.05) is 41.3 Å². The van der Waals surface area contributed by atoms with E-state index in [1.54, 1.807) is 19.4 Å². The summed E-state index contributed by atoms with van der Waals surface area (Å²) >= 11 is 0. The van der Waals surface area contributed by atoms with Crippen LogP contribution >= 0.6 is 0 Å². The number of Topliss-reactive ketones (excluding diaryl/α,β-unsaturated/α-hetero) is 1. The summed E-state index contributed by atoms with van der Waals surface area (Å²) in [4.78, 5) is 36.3. The summed E-state index contributed by atoms with van der Waals surface area (Å²) in [6.07, 6.45) is 3.60. The van der Waals surface area contributed by atoms with E-state index in [4.69, 9.17) is 9.72 Å². The highest BCUT2D eigenvalue weighted by Crippen LogP contribution is 2.21. The lowest BCUT2D eigenvalue weighted by Gasteiger charge is -2.33. The first kappa shape index (κ1) is 20.0. The first-order valence-corrected chi connectivity index (χ1v) is 10.0. The molecule has 0 amide bonds. The Labute approximate surface area is 175 Å². The molecule has 1 aliphatic heterocycles. The van der Waals surface area contributed by atoms with Gasteiger partial charge in [0.1, 0.15) is 6.10 Å². The number of anilines is 1. The van der Waals surface area contributed by atoms with Crippen molar-refractivity contribution in [3.63, 3.8) is 0 Å². The van der Waals surface area contributed by atoms with Gasteiger partial charge in [-0.15, -0.1) is 0 Å². The molecular formula is C23H24N4O3. The summed E-state index contributed by atoms with van der Waals surface area (Å²) in [5.41, 5.74) is 3.01. The standard InChI is InChI=1S/C23H24N4O3/c1-3-16-5-4-6-18(13-16)22(29)20-15-27(11-12-30-20)23-25-19(14-21(28)26(23)2)17-7-9-24-10-8-17/h4-10,13-14,20H,3,11-12,15H2,1-2H3. The molecule has 1 atom stereocenters. The van der Waals surface area contributed by atoms with E-state index in [0.717, 1.165) is 17.5 Å². The molecule has 1 fully saturated rings. The zero-order chi connectivity index (χ0) is 21.1. The minimum atomic E-state index is -0.604. The zero-order valence-corrected chi connectivity index (χ0v) is 17.1. The fraction of sp³-hybridized carbons (Fsp3) is 0.304. The van der Waals surface area contributed by atoms with Gasteiger partial charge in [0.15, 0.2) is 5.78 Å². The van der Waals surface area contributed by atoms with E-state index >= 15 is 0 Å². The fourth-order valence-corrected chi connectivity index (χ4v) is 3.60. The minimum absolute atomic E-state index is 0.0507. The molecule has 30 heavy (non-hydrogen) atoms. The van der Waals surface area contributed by atoms with Crippen molar-refractivity contribution < 1.29 is 9.53 Å². The van der Waals surface area contributed by atoms with Crippen LogP contribution in [0.15, 0.2) is 59.7 Å². The van der Waals surface area contributed by atoms with Crippen LogP contribution in [0.25, 0.3) is 11.3 Å². The minimum Gasteiger partial charge on any atom is -0.366 e. The molecule has 0 aliphatic carbocycles. The number of ketones is 1. The van der Waals surface area contributed by atoms with E-state index in [-0.39, 0.29) is 11.3 Å². The summed E-state index contributed by atoms with van der Waals surface area (Å²) < 4.78 is 7.30. The highest BCUT2D eigenvalue weighted by atomic mass is 16.5. The number of pyridine rings is 1. The second kappa shape index (κ2) is 8.59. The predicted octanol–water partition coefficient (Wildman–Crippen LogP) is 2.49. The highest BCUT2D eigenvalue weighted by molar-refractivity contribution is 6.00. The summed E-state index contributed by atoms with van der Waals surface area (Å²) in [5.74, 6) is 0.475. The number of ether oxygens (including phenoxy) is 1. The molecule has 7 nitrogen and oxygen atoms in total. The third kappa shape index (κ3) is 4.02.